The molecule has 0 aromatic carbocycles. The van der Waals surface area contributed by atoms with Gasteiger partial charge in [0, 0.05) is 0 Å². The Kier molecular flexibility index (Phi) is 3.74. The molecule has 2 bridgehead atoms. The summed E-state index contributed by atoms with van der Waals surface area (Å²) in [6, 6.07) is 0. The molecule has 3 aliphatic carbocycles. The maximum absolute atomic E-state index is 12.2. The van der Waals surface area contributed by atoms with E-state index in [4.69, 9.17) is 4.74 Å². The molecule has 5 nitrogen and oxygen atoms in total. The van der Waals surface area contributed by atoms with Crippen LogP contribution in [0.3, 0.4) is 0 Å². The molecule has 5 aliphatic rings. The molecule has 0 amide bonds. The first kappa shape index (κ1) is 18.7. The molecule has 0 aromatic rings. The minimum absolute atomic E-state index is 0.0000425. The Bertz CT molecular complexity index is 786. The maximum Gasteiger partial charge on any atom is 0.309 e. The van der Waals surface area contributed by atoms with E-state index >= 15 is 0 Å². The van der Waals surface area contributed by atoms with E-state index in [0.29, 0.717) is 12.3 Å². The number of rotatable bonds is 2. The third-order valence-corrected chi connectivity index (χ3v) is 9.78. The summed E-state index contributed by atoms with van der Waals surface area (Å²) in [5.74, 6) is -1.19. The molecular weight excluding hydrogens is 356 g/mol. The summed E-state index contributed by atoms with van der Waals surface area (Å²) in [7, 11) is 0. The Labute approximate surface area is 166 Å². The Morgan fingerprint density at radius 2 is 1.79 bits per heavy atom. The molecule has 0 spiro atoms. The average molecular weight is 389 g/mol. The standard InChI is InChI=1S/C23H32O5/c1-21-8-4-9-23(3,20(26)27)16(21)7-10-22(2)15(21)6-5-12-14-11-13(19(24)25)18(28-14)17(12)22/h13-16,18H,4-11H2,1-3H3,(H,24,25)(H,26,27)/t13-,14+,15+,16+,18-,21+,22+,23-/m0/s1. The van der Waals surface area contributed by atoms with Crippen molar-refractivity contribution in [3.63, 3.8) is 0 Å². The lowest BCUT2D eigenvalue weighted by Gasteiger charge is -2.64. The molecule has 3 fully saturated rings. The smallest absolute Gasteiger partial charge is 0.309 e. The highest BCUT2D eigenvalue weighted by Crippen LogP contribution is 2.70. The Balaban J connectivity index is 1.56. The first-order chi connectivity index (χ1) is 13.1. The SMILES string of the molecule is C[C@]12CCC[C@](C)(C(=O)O)[C@@H]1CC[C@@]1(C)C3=C(CC[C@H]21)[C@H]1C[C@H](C(=O)O)[C@@H]3O1. The summed E-state index contributed by atoms with van der Waals surface area (Å²) in [4.78, 5) is 24.0. The van der Waals surface area contributed by atoms with Crippen molar-refractivity contribution in [1.82, 2.24) is 0 Å². The van der Waals surface area contributed by atoms with Gasteiger partial charge in [0.2, 0.25) is 0 Å². The molecule has 8 atom stereocenters. The molecule has 2 aliphatic heterocycles. The summed E-state index contributed by atoms with van der Waals surface area (Å²) < 4.78 is 6.21. The van der Waals surface area contributed by atoms with Gasteiger partial charge >= 0.3 is 11.9 Å². The van der Waals surface area contributed by atoms with Crippen LogP contribution in [0.15, 0.2) is 11.1 Å². The maximum atomic E-state index is 12.2. The lowest BCUT2D eigenvalue weighted by atomic mass is 9.39. The van der Waals surface area contributed by atoms with Crippen molar-refractivity contribution < 1.29 is 24.5 Å². The predicted octanol–water partition coefficient (Wildman–Crippen LogP) is 4.26. The van der Waals surface area contributed by atoms with Gasteiger partial charge in [-0.1, -0.05) is 20.3 Å². The van der Waals surface area contributed by atoms with Crippen molar-refractivity contribution in [3.05, 3.63) is 11.1 Å². The highest BCUT2D eigenvalue weighted by atomic mass is 16.5. The number of hydrogen-bond acceptors (Lipinski definition) is 3. The quantitative estimate of drug-likeness (QED) is 0.691. The van der Waals surface area contributed by atoms with Gasteiger partial charge in [-0.2, -0.15) is 0 Å². The van der Waals surface area contributed by atoms with E-state index in [0.717, 1.165) is 44.9 Å². The number of carbonyl (C=O) groups is 2. The minimum atomic E-state index is -0.735. The van der Waals surface area contributed by atoms with Crippen molar-refractivity contribution in [3.8, 4) is 0 Å². The van der Waals surface area contributed by atoms with Gasteiger partial charge in [-0.15, -0.1) is 0 Å². The predicted molar refractivity (Wildman–Crippen MR) is 103 cm³/mol. The van der Waals surface area contributed by atoms with Crippen molar-refractivity contribution in [2.24, 2.45) is 34.0 Å². The van der Waals surface area contributed by atoms with Gasteiger partial charge in [0.05, 0.1) is 23.5 Å². The van der Waals surface area contributed by atoms with E-state index in [-0.39, 0.29) is 29.0 Å². The molecule has 1 saturated heterocycles. The van der Waals surface area contributed by atoms with Gasteiger partial charge in [0.15, 0.2) is 0 Å². The van der Waals surface area contributed by atoms with E-state index in [2.05, 4.69) is 13.8 Å². The molecule has 0 radical (unpaired) electrons. The molecule has 5 heteroatoms. The Hall–Kier alpha value is -1.36. The highest BCUT2D eigenvalue weighted by molar-refractivity contribution is 5.75. The fraction of sp³-hybridized carbons (Fsp3) is 0.826. The number of hydrogen-bond donors (Lipinski definition) is 2. The van der Waals surface area contributed by atoms with E-state index in [1.807, 2.05) is 6.92 Å². The molecule has 0 unspecified atom stereocenters. The van der Waals surface area contributed by atoms with Crippen LogP contribution in [0.1, 0.15) is 72.1 Å². The van der Waals surface area contributed by atoms with Crippen molar-refractivity contribution in [2.75, 3.05) is 0 Å². The normalized spacial score (nSPS) is 52.0. The Morgan fingerprint density at radius 3 is 2.46 bits per heavy atom. The van der Waals surface area contributed by atoms with Crippen LogP contribution >= 0.6 is 0 Å². The number of ether oxygens (including phenoxy) is 1. The second-order valence-corrected chi connectivity index (χ2v) is 10.8. The molecule has 2 heterocycles. The summed E-state index contributed by atoms with van der Waals surface area (Å²) in [5, 5.41) is 19.8. The number of carboxylic acids is 2. The molecular formula is C23H32O5. The number of carboxylic acid groups (broad SMARTS) is 2. The molecule has 2 saturated carbocycles. The summed E-state index contributed by atoms with van der Waals surface area (Å²) in [6.07, 6.45) is 7.13. The second-order valence-electron chi connectivity index (χ2n) is 10.8. The van der Waals surface area contributed by atoms with Crippen LogP contribution in [0.25, 0.3) is 0 Å². The van der Waals surface area contributed by atoms with Crippen LogP contribution in [0.4, 0.5) is 0 Å². The van der Waals surface area contributed by atoms with Gasteiger partial charge in [-0.3, -0.25) is 9.59 Å². The van der Waals surface area contributed by atoms with Crippen molar-refractivity contribution in [1.29, 1.82) is 0 Å². The van der Waals surface area contributed by atoms with Crippen LogP contribution in [-0.4, -0.2) is 34.4 Å². The first-order valence-corrected chi connectivity index (χ1v) is 11.0. The third-order valence-electron chi connectivity index (χ3n) is 9.78. The summed E-state index contributed by atoms with van der Waals surface area (Å²) in [5.41, 5.74) is 1.99. The second kappa shape index (κ2) is 5.62. The zero-order chi connectivity index (χ0) is 20.1. The summed E-state index contributed by atoms with van der Waals surface area (Å²) >= 11 is 0. The molecule has 28 heavy (non-hydrogen) atoms. The zero-order valence-corrected chi connectivity index (χ0v) is 17.2. The minimum Gasteiger partial charge on any atom is -0.481 e. The average Bonchev–Trinajstić information content (AvgIpc) is 3.20. The van der Waals surface area contributed by atoms with E-state index < -0.39 is 23.3 Å². The third kappa shape index (κ3) is 2.07. The van der Waals surface area contributed by atoms with Crippen LogP contribution in [0.5, 0.6) is 0 Å². The van der Waals surface area contributed by atoms with Gasteiger partial charge in [-0.25, -0.2) is 0 Å². The first-order valence-electron chi connectivity index (χ1n) is 11.0. The van der Waals surface area contributed by atoms with Gasteiger partial charge in [0.1, 0.15) is 0 Å². The molecule has 154 valence electrons. The lowest BCUT2D eigenvalue weighted by Crippen LogP contribution is -2.59. The fourth-order valence-electron chi connectivity index (χ4n) is 8.60. The number of fused-ring (bicyclic) bond motifs is 8. The van der Waals surface area contributed by atoms with Crippen molar-refractivity contribution in [2.45, 2.75) is 84.3 Å². The van der Waals surface area contributed by atoms with Gasteiger partial charge in [-0.05, 0) is 85.7 Å². The van der Waals surface area contributed by atoms with E-state index in [1.54, 1.807) is 0 Å². The van der Waals surface area contributed by atoms with Crippen LogP contribution in [0, 0.1) is 34.0 Å². The highest BCUT2D eigenvalue weighted by Gasteiger charge is 2.66. The molecule has 5 rings (SSSR count). The van der Waals surface area contributed by atoms with E-state index in [9.17, 15) is 19.8 Å². The monoisotopic (exact) mass is 388 g/mol. The van der Waals surface area contributed by atoms with Crippen LogP contribution < -0.4 is 0 Å². The number of aliphatic carboxylic acids is 2. The topological polar surface area (TPSA) is 83.8 Å². The largest absolute Gasteiger partial charge is 0.481 e. The zero-order valence-electron chi connectivity index (χ0n) is 17.2. The van der Waals surface area contributed by atoms with Crippen molar-refractivity contribution >= 4 is 11.9 Å². The van der Waals surface area contributed by atoms with Crippen LogP contribution in [-0.2, 0) is 14.3 Å². The van der Waals surface area contributed by atoms with Crippen LogP contribution in [0.2, 0.25) is 0 Å². The van der Waals surface area contributed by atoms with Gasteiger partial charge < -0.3 is 14.9 Å². The van der Waals surface area contributed by atoms with Gasteiger partial charge in [0.25, 0.3) is 0 Å². The molecule has 2 N–H and O–H groups in total. The fourth-order valence-corrected chi connectivity index (χ4v) is 8.60. The lowest BCUT2D eigenvalue weighted by molar-refractivity contribution is -0.176. The van der Waals surface area contributed by atoms with E-state index in [1.165, 1.54) is 11.1 Å². The molecule has 0 aromatic heterocycles. The summed E-state index contributed by atoms with van der Waals surface area (Å²) in [6.45, 7) is 6.65. The Morgan fingerprint density at radius 1 is 1.04 bits per heavy atom.